The van der Waals surface area contributed by atoms with Crippen molar-refractivity contribution in [2.24, 2.45) is 0 Å². The van der Waals surface area contributed by atoms with Gasteiger partial charge in [-0.15, -0.1) is 0 Å². The molecule has 0 aromatic heterocycles. The van der Waals surface area contributed by atoms with Crippen molar-refractivity contribution < 1.29 is 42.9 Å². The fourth-order valence-electron chi connectivity index (χ4n) is 9.84. The lowest BCUT2D eigenvalue weighted by Gasteiger charge is -2.25. The normalized spacial score (nSPS) is 13.2. The first-order valence-electron chi connectivity index (χ1n) is 34.8. The Hall–Kier alpha value is -3.53. The Morgan fingerprint density at radius 3 is 1.02 bits per heavy atom. The number of carbonyl (C=O) groups excluding carboxylic acids is 2. The lowest BCUT2D eigenvalue weighted by atomic mass is 10.0. The van der Waals surface area contributed by atoms with Crippen LogP contribution in [0.1, 0.15) is 309 Å². The van der Waals surface area contributed by atoms with Gasteiger partial charge in [-0.2, -0.15) is 0 Å². The highest BCUT2D eigenvalue weighted by molar-refractivity contribution is 5.71. The standard InChI is InChI=1S/C74H131NO8/c1-6-8-10-12-14-16-18-20-22-24-26-28-30-32-34-35-36-37-39-41-43-45-47-49-51-53-55-57-59-61-63-65-72(77)83-70(69-82-74(73(78)79)80-67-66-75(3,4)5)68-81-71(76)64-62-60-58-56-54-52-50-48-46-44-42-40-38-33-31-29-27-25-23-21-19-17-15-13-11-9-7-2/h8,10,14,16,19-22,25-28,32,34,70,74H,6-7,9,11-13,15,17-18,23-24,29-31,33,35-69H2,1-5H3/p+1/b10-8-,16-14-,21-19-,22-20-,27-25-,28-26-,34-32-. The van der Waals surface area contributed by atoms with Crippen LogP contribution >= 0.6 is 0 Å². The highest BCUT2D eigenvalue weighted by atomic mass is 16.7. The largest absolute Gasteiger partial charge is 0.477 e. The van der Waals surface area contributed by atoms with Crippen LogP contribution in [0.3, 0.4) is 0 Å². The molecule has 0 fully saturated rings. The van der Waals surface area contributed by atoms with E-state index in [9.17, 15) is 19.5 Å². The van der Waals surface area contributed by atoms with E-state index in [1.54, 1.807) is 0 Å². The predicted molar refractivity (Wildman–Crippen MR) is 355 cm³/mol. The van der Waals surface area contributed by atoms with E-state index >= 15 is 0 Å². The number of nitrogens with zero attached hydrogens (tertiary/aromatic N) is 1. The number of carboxylic acid groups (broad SMARTS) is 1. The van der Waals surface area contributed by atoms with Gasteiger partial charge >= 0.3 is 17.9 Å². The molecule has 0 aliphatic rings. The van der Waals surface area contributed by atoms with Crippen molar-refractivity contribution in [3.05, 3.63) is 85.1 Å². The van der Waals surface area contributed by atoms with Crippen molar-refractivity contribution in [2.45, 2.75) is 322 Å². The molecule has 9 heteroatoms. The van der Waals surface area contributed by atoms with Gasteiger partial charge in [0.1, 0.15) is 13.2 Å². The average Bonchev–Trinajstić information content (AvgIpc) is 3.46. The summed E-state index contributed by atoms with van der Waals surface area (Å²) in [6.07, 6.45) is 84.0. The number of rotatable bonds is 64. The molecule has 0 bridgehead atoms. The van der Waals surface area contributed by atoms with E-state index in [1.807, 2.05) is 21.1 Å². The molecule has 0 amide bonds. The number of hydrogen-bond donors (Lipinski definition) is 1. The number of likely N-dealkylation sites (N-methyl/N-ethyl adjacent to an activating group) is 1. The number of quaternary nitrogens is 1. The van der Waals surface area contributed by atoms with Crippen molar-refractivity contribution in [3.63, 3.8) is 0 Å². The maximum Gasteiger partial charge on any atom is 0.361 e. The Morgan fingerprint density at radius 2 is 0.687 bits per heavy atom. The molecule has 83 heavy (non-hydrogen) atoms. The fourth-order valence-corrected chi connectivity index (χ4v) is 9.84. The van der Waals surface area contributed by atoms with Crippen molar-refractivity contribution >= 4 is 17.9 Å². The van der Waals surface area contributed by atoms with Crippen LogP contribution < -0.4 is 0 Å². The zero-order valence-corrected chi connectivity index (χ0v) is 54.8. The summed E-state index contributed by atoms with van der Waals surface area (Å²) in [4.78, 5) is 37.6. The fraction of sp³-hybridized carbons (Fsp3) is 0.770. The second kappa shape index (κ2) is 64.5. The van der Waals surface area contributed by atoms with E-state index in [0.29, 0.717) is 17.4 Å². The monoisotopic (exact) mass is 1160 g/mol. The van der Waals surface area contributed by atoms with Gasteiger partial charge in [-0.1, -0.05) is 292 Å². The lowest BCUT2D eigenvalue weighted by Crippen LogP contribution is -2.40. The minimum Gasteiger partial charge on any atom is -0.477 e. The summed E-state index contributed by atoms with van der Waals surface area (Å²) < 4.78 is 23.0. The number of carbonyl (C=O) groups is 3. The summed E-state index contributed by atoms with van der Waals surface area (Å²) in [5.41, 5.74) is 0. The van der Waals surface area contributed by atoms with E-state index in [4.69, 9.17) is 18.9 Å². The molecule has 0 spiro atoms. The second-order valence-electron chi connectivity index (χ2n) is 24.5. The number of aliphatic carboxylic acids is 1. The van der Waals surface area contributed by atoms with Gasteiger partial charge < -0.3 is 28.5 Å². The molecule has 0 saturated carbocycles. The third-order valence-electron chi connectivity index (χ3n) is 15.1. The highest BCUT2D eigenvalue weighted by Gasteiger charge is 2.25. The second-order valence-corrected chi connectivity index (χ2v) is 24.5. The van der Waals surface area contributed by atoms with Gasteiger partial charge in [0, 0.05) is 12.8 Å². The Kier molecular flexibility index (Phi) is 61.7. The van der Waals surface area contributed by atoms with E-state index in [-0.39, 0.29) is 32.2 Å². The summed E-state index contributed by atoms with van der Waals surface area (Å²) in [7, 11) is 5.98. The van der Waals surface area contributed by atoms with E-state index in [2.05, 4.69) is 98.9 Å². The van der Waals surface area contributed by atoms with Gasteiger partial charge in [0.15, 0.2) is 6.10 Å². The Bertz CT molecular complexity index is 1640. The van der Waals surface area contributed by atoms with Crippen molar-refractivity contribution in [1.29, 1.82) is 0 Å². The summed E-state index contributed by atoms with van der Waals surface area (Å²) >= 11 is 0. The Morgan fingerprint density at radius 1 is 0.373 bits per heavy atom. The predicted octanol–water partition coefficient (Wildman–Crippen LogP) is 21.5. The number of hydrogen-bond acceptors (Lipinski definition) is 7. The van der Waals surface area contributed by atoms with Gasteiger partial charge in [-0.3, -0.25) is 9.59 Å². The molecule has 2 atom stereocenters. The molecule has 0 heterocycles. The third-order valence-corrected chi connectivity index (χ3v) is 15.1. The van der Waals surface area contributed by atoms with Gasteiger partial charge in [0.05, 0.1) is 34.4 Å². The third kappa shape index (κ3) is 65.9. The number of esters is 2. The molecule has 0 rings (SSSR count). The zero-order chi connectivity index (χ0) is 60.5. The molecule has 0 saturated heterocycles. The summed E-state index contributed by atoms with van der Waals surface area (Å²) in [6, 6.07) is 0. The maximum atomic E-state index is 12.9. The van der Waals surface area contributed by atoms with Crippen molar-refractivity contribution in [3.8, 4) is 0 Å². The van der Waals surface area contributed by atoms with E-state index in [0.717, 1.165) is 77.0 Å². The molecule has 1 N–H and O–H groups in total. The van der Waals surface area contributed by atoms with Crippen LogP contribution in [-0.4, -0.2) is 87.4 Å². The number of unbranched alkanes of at least 4 members (excludes halogenated alkanes) is 35. The summed E-state index contributed by atoms with van der Waals surface area (Å²) in [5.74, 6) is -1.99. The molecular weight excluding hydrogens is 1030 g/mol. The zero-order valence-electron chi connectivity index (χ0n) is 54.8. The topological polar surface area (TPSA) is 108 Å². The maximum absolute atomic E-state index is 12.9. The van der Waals surface area contributed by atoms with Crippen LogP contribution in [0.5, 0.6) is 0 Å². The van der Waals surface area contributed by atoms with Crippen molar-refractivity contribution in [1.82, 2.24) is 0 Å². The number of ether oxygens (including phenoxy) is 4. The molecule has 2 unspecified atom stereocenters. The molecular formula is C74H132NO8+. The smallest absolute Gasteiger partial charge is 0.361 e. The first-order chi connectivity index (χ1) is 40.6. The SMILES string of the molecule is CC/C=C\C/C=C\C/C=C\C/C=C\C/C=C\CCCCCCCCCCCCCCCCCC(=O)OC(COC(=O)CCCCCCCCCCCCCCCCC/C=C\C/C=C\CCCCCCC)COC(OCC[N+](C)(C)C)C(=O)O. The molecule has 0 aromatic carbocycles. The van der Waals surface area contributed by atoms with Crippen LogP contribution in [0.2, 0.25) is 0 Å². The molecule has 0 aromatic rings. The van der Waals surface area contributed by atoms with Gasteiger partial charge in [0.25, 0.3) is 6.29 Å². The highest BCUT2D eigenvalue weighted by Crippen LogP contribution is 2.18. The minimum absolute atomic E-state index is 0.182. The van der Waals surface area contributed by atoms with E-state index in [1.165, 1.54) is 205 Å². The van der Waals surface area contributed by atoms with Gasteiger partial charge in [-0.25, -0.2) is 4.79 Å². The van der Waals surface area contributed by atoms with Crippen LogP contribution in [0, 0.1) is 0 Å². The Labute approximate surface area is 512 Å². The van der Waals surface area contributed by atoms with Crippen LogP contribution in [0.15, 0.2) is 85.1 Å². The average molecular weight is 1160 g/mol. The van der Waals surface area contributed by atoms with E-state index < -0.39 is 24.3 Å². The molecule has 0 aliphatic heterocycles. The quantitative estimate of drug-likeness (QED) is 0.0211. The summed E-state index contributed by atoms with van der Waals surface area (Å²) in [5, 5.41) is 9.75. The number of carboxylic acids is 1. The first kappa shape index (κ1) is 79.5. The number of allylic oxidation sites excluding steroid dienone is 14. The Balaban J connectivity index is 4.11. The summed E-state index contributed by atoms with van der Waals surface area (Å²) in [6.45, 7) is 4.79. The molecule has 9 nitrogen and oxygen atoms in total. The molecule has 0 aliphatic carbocycles. The van der Waals surface area contributed by atoms with Crippen LogP contribution in [0.25, 0.3) is 0 Å². The molecule has 480 valence electrons. The van der Waals surface area contributed by atoms with Crippen molar-refractivity contribution in [2.75, 3.05) is 47.5 Å². The lowest BCUT2D eigenvalue weighted by molar-refractivity contribution is -0.870. The van der Waals surface area contributed by atoms with Gasteiger partial charge in [-0.05, 0) is 89.9 Å². The molecule has 0 radical (unpaired) electrons. The van der Waals surface area contributed by atoms with Gasteiger partial charge in [0.2, 0.25) is 0 Å². The van der Waals surface area contributed by atoms with Crippen LogP contribution in [-0.2, 0) is 33.3 Å². The minimum atomic E-state index is -1.51. The first-order valence-corrected chi connectivity index (χ1v) is 34.8. The van der Waals surface area contributed by atoms with Crippen LogP contribution in [0.4, 0.5) is 0 Å².